The Labute approximate surface area is 174 Å². The minimum atomic E-state index is 0.122. The molecule has 1 N–H and O–H groups in total. The zero-order valence-corrected chi connectivity index (χ0v) is 17.0. The Bertz CT molecular complexity index is 1240. The molecule has 0 unspecified atom stereocenters. The lowest BCUT2D eigenvalue weighted by atomic mass is 9.90. The Balaban J connectivity index is 1.34. The summed E-state index contributed by atoms with van der Waals surface area (Å²) < 4.78 is 13.4. The number of para-hydroxylation sites is 1. The number of hydrogen-bond acceptors (Lipinski definition) is 5. The van der Waals surface area contributed by atoms with Gasteiger partial charge in [-0.1, -0.05) is 25.1 Å². The van der Waals surface area contributed by atoms with Crippen molar-refractivity contribution in [1.82, 2.24) is 19.9 Å². The molecule has 4 heterocycles. The van der Waals surface area contributed by atoms with Crippen molar-refractivity contribution in [2.75, 3.05) is 32.9 Å². The summed E-state index contributed by atoms with van der Waals surface area (Å²) in [6, 6.07) is 16.7. The van der Waals surface area contributed by atoms with Gasteiger partial charge in [-0.25, -0.2) is 9.97 Å². The summed E-state index contributed by atoms with van der Waals surface area (Å²) in [4.78, 5) is 9.64. The second-order valence-electron chi connectivity index (χ2n) is 8.80. The average Bonchev–Trinajstić information content (AvgIpc) is 3.13. The third kappa shape index (κ3) is 2.95. The predicted molar refractivity (Wildman–Crippen MR) is 116 cm³/mol. The number of aromatic nitrogens is 3. The molecule has 2 aromatic carbocycles. The molecule has 0 saturated carbocycles. The van der Waals surface area contributed by atoms with Gasteiger partial charge in [0.1, 0.15) is 17.9 Å². The molecule has 2 fully saturated rings. The highest BCUT2D eigenvalue weighted by molar-refractivity contribution is 5.84. The highest BCUT2D eigenvalue weighted by Crippen LogP contribution is 2.30. The highest BCUT2D eigenvalue weighted by atomic mass is 16.5. The van der Waals surface area contributed by atoms with E-state index in [0.29, 0.717) is 12.5 Å². The molecule has 0 radical (unpaired) electrons. The molecule has 0 atom stereocenters. The van der Waals surface area contributed by atoms with Crippen LogP contribution >= 0.6 is 0 Å². The number of imidazole rings is 1. The number of fused-ring (bicyclic) bond motifs is 2. The second-order valence-corrected chi connectivity index (χ2v) is 8.80. The van der Waals surface area contributed by atoms with Crippen LogP contribution < -0.4 is 10.1 Å². The summed E-state index contributed by atoms with van der Waals surface area (Å²) >= 11 is 0. The first-order valence-electron chi connectivity index (χ1n) is 10.5. The maximum Gasteiger partial charge on any atom is 0.139 e. The fourth-order valence-electron chi connectivity index (χ4n) is 4.19. The Morgan fingerprint density at radius 1 is 1.17 bits per heavy atom. The number of nitrogens with one attached hydrogen (secondary N) is 1. The van der Waals surface area contributed by atoms with Gasteiger partial charge in [-0.05, 0) is 29.8 Å². The molecular weight excluding hydrogens is 376 g/mol. The highest BCUT2D eigenvalue weighted by Gasteiger charge is 2.34. The summed E-state index contributed by atoms with van der Waals surface area (Å²) in [6.07, 6.45) is 1.84. The van der Waals surface area contributed by atoms with Crippen molar-refractivity contribution >= 4 is 21.9 Å². The fraction of sp³-hybridized carbons (Fsp3) is 0.333. The molecule has 6 nitrogen and oxygen atoms in total. The Kier molecular flexibility index (Phi) is 4.04. The van der Waals surface area contributed by atoms with Gasteiger partial charge in [0, 0.05) is 35.9 Å². The third-order valence-corrected chi connectivity index (χ3v) is 6.21. The number of pyridine rings is 1. The molecular formula is C24H24N4O2. The van der Waals surface area contributed by atoms with Crippen LogP contribution in [0.5, 0.6) is 5.75 Å². The number of nitrogens with zero attached hydrogens (tertiary/aromatic N) is 3. The first kappa shape index (κ1) is 17.9. The van der Waals surface area contributed by atoms with Crippen LogP contribution in [0.1, 0.15) is 18.4 Å². The zero-order chi connectivity index (χ0) is 20.1. The SMILES string of the molecule is CC1(COc2ccc3c(c2)ncn3-c2ccc3cccc(C4CNC4)c3n2)COC1. The lowest BCUT2D eigenvalue weighted by molar-refractivity contribution is -0.120. The van der Waals surface area contributed by atoms with Gasteiger partial charge in [0.2, 0.25) is 0 Å². The Morgan fingerprint density at radius 3 is 2.83 bits per heavy atom. The summed E-state index contributed by atoms with van der Waals surface area (Å²) in [7, 11) is 0. The monoisotopic (exact) mass is 400 g/mol. The smallest absolute Gasteiger partial charge is 0.139 e. The van der Waals surface area contributed by atoms with Gasteiger partial charge < -0.3 is 14.8 Å². The summed E-state index contributed by atoms with van der Waals surface area (Å²) in [5.41, 5.74) is 4.45. The van der Waals surface area contributed by atoms with Crippen molar-refractivity contribution < 1.29 is 9.47 Å². The lowest BCUT2D eigenvalue weighted by Crippen LogP contribution is -2.44. The van der Waals surface area contributed by atoms with E-state index in [9.17, 15) is 0 Å². The molecule has 0 spiro atoms. The van der Waals surface area contributed by atoms with E-state index < -0.39 is 0 Å². The van der Waals surface area contributed by atoms with Crippen molar-refractivity contribution in [1.29, 1.82) is 0 Å². The lowest BCUT2D eigenvalue weighted by Gasteiger charge is -2.37. The van der Waals surface area contributed by atoms with Crippen molar-refractivity contribution in [2.24, 2.45) is 5.41 Å². The van der Waals surface area contributed by atoms with E-state index in [1.807, 2.05) is 18.5 Å². The van der Waals surface area contributed by atoms with Crippen LogP contribution in [0.25, 0.3) is 27.8 Å². The Hall–Kier alpha value is -2.96. The normalized spacial score (nSPS) is 18.3. The molecule has 4 aromatic rings. The first-order valence-corrected chi connectivity index (χ1v) is 10.5. The topological polar surface area (TPSA) is 61.2 Å². The van der Waals surface area contributed by atoms with Crippen molar-refractivity contribution in [3.05, 3.63) is 60.4 Å². The molecule has 2 aromatic heterocycles. The van der Waals surface area contributed by atoms with Gasteiger partial charge in [0.15, 0.2) is 0 Å². The van der Waals surface area contributed by atoms with Crippen LogP contribution in [-0.4, -0.2) is 47.4 Å². The van der Waals surface area contributed by atoms with E-state index in [4.69, 9.17) is 14.5 Å². The second kappa shape index (κ2) is 6.79. The largest absolute Gasteiger partial charge is 0.493 e. The molecule has 6 heteroatoms. The zero-order valence-electron chi connectivity index (χ0n) is 17.0. The van der Waals surface area contributed by atoms with Crippen molar-refractivity contribution in [3.8, 4) is 11.6 Å². The maximum atomic E-state index is 6.00. The van der Waals surface area contributed by atoms with Gasteiger partial charge in [0.25, 0.3) is 0 Å². The number of hydrogen-bond donors (Lipinski definition) is 1. The van der Waals surface area contributed by atoms with Gasteiger partial charge in [0.05, 0.1) is 36.4 Å². The van der Waals surface area contributed by atoms with Gasteiger partial charge in [-0.15, -0.1) is 0 Å². The van der Waals surface area contributed by atoms with E-state index >= 15 is 0 Å². The molecule has 2 aliphatic heterocycles. The summed E-state index contributed by atoms with van der Waals surface area (Å²) in [5, 5.41) is 4.54. The van der Waals surface area contributed by atoms with Crippen LogP contribution in [-0.2, 0) is 4.74 Å². The molecule has 2 saturated heterocycles. The quantitative estimate of drug-likeness (QED) is 0.554. The van der Waals surface area contributed by atoms with E-state index in [2.05, 4.69) is 58.2 Å². The molecule has 152 valence electrons. The van der Waals surface area contributed by atoms with E-state index in [0.717, 1.165) is 54.4 Å². The fourth-order valence-corrected chi connectivity index (χ4v) is 4.19. The van der Waals surface area contributed by atoms with Crippen LogP contribution in [0, 0.1) is 5.41 Å². The molecule has 0 aliphatic carbocycles. The standard InChI is InChI=1S/C24H24N4O2/c1-24(12-29-13-24)14-30-18-6-7-21-20(9-18)26-15-28(21)22-8-5-16-3-2-4-19(23(16)27-22)17-10-25-11-17/h2-9,15,17,25H,10-14H2,1H3. The summed E-state index contributed by atoms with van der Waals surface area (Å²) in [6.45, 7) is 6.40. The molecule has 0 amide bonds. The van der Waals surface area contributed by atoms with Crippen LogP contribution in [0.15, 0.2) is 54.9 Å². The van der Waals surface area contributed by atoms with E-state index in [-0.39, 0.29) is 5.41 Å². The molecule has 30 heavy (non-hydrogen) atoms. The molecule has 0 bridgehead atoms. The average molecular weight is 400 g/mol. The van der Waals surface area contributed by atoms with Crippen LogP contribution in [0.2, 0.25) is 0 Å². The minimum absolute atomic E-state index is 0.122. The maximum absolute atomic E-state index is 6.00. The summed E-state index contributed by atoms with van der Waals surface area (Å²) in [5.74, 6) is 2.27. The van der Waals surface area contributed by atoms with Crippen molar-refractivity contribution in [3.63, 3.8) is 0 Å². The molecule has 6 rings (SSSR count). The van der Waals surface area contributed by atoms with Crippen LogP contribution in [0.3, 0.4) is 0 Å². The molecule has 2 aliphatic rings. The number of rotatable bonds is 5. The third-order valence-electron chi connectivity index (χ3n) is 6.21. The first-order chi connectivity index (χ1) is 14.7. The van der Waals surface area contributed by atoms with Gasteiger partial charge in [-0.2, -0.15) is 0 Å². The van der Waals surface area contributed by atoms with Crippen molar-refractivity contribution in [2.45, 2.75) is 12.8 Å². The predicted octanol–water partition coefficient (Wildman–Crippen LogP) is 3.68. The van der Waals surface area contributed by atoms with E-state index in [1.165, 1.54) is 10.9 Å². The number of ether oxygens (including phenoxy) is 2. The van der Waals surface area contributed by atoms with Gasteiger partial charge >= 0.3 is 0 Å². The van der Waals surface area contributed by atoms with Gasteiger partial charge in [-0.3, -0.25) is 4.57 Å². The van der Waals surface area contributed by atoms with E-state index in [1.54, 1.807) is 0 Å². The number of benzene rings is 2. The van der Waals surface area contributed by atoms with Crippen LogP contribution in [0.4, 0.5) is 0 Å². The Morgan fingerprint density at radius 2 is 2.07 bits per heavy atom. The minimum Gasteiger partial charge on any atom is -0.493 e.